The molecule has 2 N–H and O–H groups in total. The largest absolute Gasteiger partial charge is 0.240 e. The lowest BCUT2D eigenvalue weighted by Crippen LogP contribution is -2.23. The van der Waals surface area contributed by atoms with E-state index in [-0.39, 0.29) is 11.4 Å². The highest BCUT2D eigenvalue weighted by Gasteiger charge is 2.13. The highest BCUT2D eigenvalue weighted by Crippen LogP contribution is 2.07. The van der Waals surface area contributed by atoms with Gasteiger partial charge >= 0.3 is 0 Å². The quantitative estimate of drug-likeness (QED) is 0.761. The van der Waals surface area contributed by atoms with Crippen LogP contribution in [-0.2, 0) is 16.6 Å². The van der Waals surface area contributed by atoms with Crippen molar-refractivity contribution < 1.29 is 8.42 Å². The molecular weight excluding hydrogens is 230 g/mol. The molecule has 0 radical (unpaired) electrons. The molecule has 1 aromatic heterocycles. The highest BCUT2D eigenvalue weighted by atomic mass is 32.2. The topological polar surface area (TPSA) is 101 Å². The summed E-state index contributed by atoms with van der Waals surface area (Å²) in [6.07, 6.45) is 0. The molecule has 0 unspecified atom stereocenters. The van der Waals surface area contributed by atoms with Gasteiger partial charge in [0.1, 0.15) is 0 Å². The first kappa shape index (κ1) is 10.7. The Morgan fingerprint density at radius 1 is 1.25 bits per heavy atom. The summed E-state index contributed by atoms with van der Waals surface area (Å²) in [5, 5.41) is 12.8. The molecule has 0 aliphatic rings. The van der Waals surface area contributed by atoms with Crippen molar-refractivity contribution in [2.45, 2.75) is 11.4 Å². The second-order valence-electron chi connectivity index (χ2n) is 2.97. The van der Waals surface area contributed by atoms with Crippen LogP contribution in [0, 0.1) is 0 Å². The summed E-state index contributed by atoms with van der Waals surface area (Å²) in [6, 6.07) is 8.08. The summed E-state index contributed by atoms with van der Waals surface area (Å²) >= 11 is 0. The summed E-state index contributed by atoms with van der Waals surface area (Å²) in [4.78, 5) is 0.207. The molecule has 0 bridgehead atoms. The highest BCUT2D eigenvalue weighted by molar-refractivity contribution is 7.89. The van der Waals surface area contributed by atoms with Crippen molar-refractivity contribution in [3.8, 4) is 0 Å². The molecule has 84 valence electrons. The zero-order valence-corrected chi connectivity index (χ0v) is 8.98. The number of sulfonamides is 1. The van der Waals surface area contributed by atoms with Gasteiger partial charge in [-0.05, 0) is 12.1 Å². The third-order valence-electron chi connectivity index (χ3n) is 1.86. The molecule has 0 amide bonds. The number of hydrogen-bond donors (Lipinski definition) is 2. The predicted octanol–water partition coefficient (Wildman–Crippen LogP) is -0.322. The van der Waals surface area contributed by atoms with E-state index in [1.165, 1.54) is 12.1 Å². The van der Waals surface area contributed by atoms with Gasteiger partial charge in [-0.3, -0.25) is 0 Å². The summed E-state index contributed by atoms with van der Waals surface area (Å²) in [7, 11) is -3.51. The van der Waals surface area contributed by atoms with Gasteiger partial charge in [0.15, 0.2) is 5.82 Å². The lowest BCUT2D eigenvalue weighted by atomic mass is 10.4. The van der Waals surface area contributed by atoms with Crippen LogP contribution in [0.4, 0.5) is 0 Å². The Bertz CT molecular complexity index is 537. The van der Waals surface area contributed by atoms with E-state index in [4.69, 9.17) is 0 Å². The molecule has 16 heavy (non-hydrogen) atoms. The third-order valence-corrected chi connectivity index (χ3v) is 3.28. The summed E-state index contributed by atoms with van der Waals surface area (Å²) in [6.45, 7) is 0.00767. The minimum atomic E-state index is -3.51. The SMILES string of the molecule is O=S(=O)(NCc1nn[nH]n1)c1ccccc1. The molecule has 0 spiro atoms. The predicted molar refractivity (Wildman–Crippen MR) is 54.6 cm³/mol. The number of H-pyrrole nitrogens is 1. The van der Waals surface area contributed by atoms with Gasteiger partial charge in [0.25, 0.3) is 0 Å². The molecular formula is C8H9N5O2S. The molecule has 1 heterocycles. The number of nitrogens with zero attached hydrogens (tertiary/aromatic N) is 3. The van der Waals surface area contributed by atoms with Gasteiger partial charge in [0.2, 0.25) is 10.0 Å². The number of nitrogens with one attached hydrogen (secondary N) is 2. The first-order valence-corrected chi connectivity index (χ1v) is 5.94. The van der Waals surface area contributed by atoms with Gasteiger partial charge in [-0.15, -0.1) is 10.2 Å². The average Bonchev–Trinajstić information content (AvgIpc) is 2.81. The van der Waals surface area contributed by atoms with E-state index in [9.17, 15) is 8.42 Å². The lowest BCUT2D eigenvalue weighted by molar-refractivity contribution is 0.579. The van der Waals surface area contributed by atoms with Crippen molar-refractivity contribution in [1.82, 2.24) is 25.3 Å². The van der Waals surface area contributed by atoms with E-state index < -0.39 is 10.0 Å². The van der Waals surface area contributed by atoms with Gasteiger partial charge in [0.05, 0.1) is 11.4 Å². The fourth-order valence-electron chi connectivity index (χ4n) is 1.10. The second-order valence-corrected chi connectivity index (χ2v) is 4.73. The Morgan fingerprint density at radius 2 is 2.00 bits per heavy atom. The van der Waals surface area contributed by atoms with E-state index in [0.717, 1.165) is 0 Å². The number of benzene rings is 1. The molecule has 7 nitrogen and oxygen atoms in total. The third kappa shape index (κ3) is 2.41. The summed E-state index contributed by atoms with van der Waals surface area (Å²) < 4.78 is 25.8. The van der Waals surface area contributed by atoms with Crippen molar-refractivity contribution in [2.75, 3.05) is 0 Å². The van der Waals surface area contributed by atoms with Crippen LogP contribution in [0.2, 0.25) is 0 Å². The molecule has 0 fully saturated rings. The van der Waals surface area contributed by atoms with Gasteiger partial charge in [-0.1, -0.05) is 23.4 Å². The Morgan fingerprint density at radius 3 is 2.62 bits per heavy atom. The maximum absolute atomic E-state index is 11.7. The van der Waals surface area contributed by atoms with E-state index in [2.05, 4.69) is 25.3 Å². The second kappa shape index (κ2) is 4.37. The van der Waals surface area contributed by atoms with Crippen LogP contribution < -0.4 is 4.72 Å². The molecule has 0 saturated heterocycles. The molecule has 1 aromatic carbocycles. The molecule has 0 saturated carbocycles. The number of tetrazole rings is 1. The fraction of sp³-hybridized carbons (Fsp3) is 0.125. The fourth-order valence-corrected chi connectivity index (χ4v) is 2.10. The molecule has 0 aliphatic heterocycles. The molecule has 8 heteroatoms. The number of rotatable bonds is 4. The Labute approximate surface area is 91.9 Å². The first-order valence-electron chi connectivity index (χ1n) is 4.45. The minimum absolute atomic E-state index is 0.00767. The Kier molecular flexibility index (Phi) is 2.93. The molecule has 0 atom stereocenters. The van der Waals surface area contributed by atoms with Crippen molar-refractivity contribution in [3.05, 3.63) is 36.2 Å². The number of aromatic amines is 1. The molecule has 2 rings (SSSR count). The van der Waals surface area contributed by atoms with Gasteiger partial charge in [-0.25, -0.2) is 13.1 Å². The smallest absolute Gasteiger partial charge is 0.207 e. The van der Waals surface area contributed by atoms with Gasteiger partial charge in [0, 0.05) is 0 Å². The summed E-state index contributed by atoms with van der Waals surface area (Å²) in [5.74, 6) is 0.291. The van der Waals surface area contributed by atoms with Crippen LogP contribution >= 0.6 is 0 Å². The average molecular weight is 239 g/mol. The maximum atomic E-state index is 11.7. The van der Waals surface area contributed by atoms with Crippen molar-refractivity contribution in [1.29, 1.82) is 0 Å². The van der Waals surface area contributed by atoms with Crippen molar-refractivity contribution >= 4 is 10.0 Å². The number of aromatic nitrogens is 4. The lowest BCUT2D eigenvalue weighted by Gasteiger charge is -2.03. The van der Waals surface area contributed by atoms with Crippen LogP contribution in [0.15, 0.2) is 35.2 Å². The van der Waals surface area contributed by atoms with Crippen molar-refractivity contribution in [3.63, 3.8) is 0 Å². The normalized spacial score (nSPS) is 11.5. The Balaban J connectivity index is 2.10. The monoisotopic (exact) mass is 239 g/mol. The van der Waals surface area contributed by atoms with E-state index in [1.807, 2.05) is 0 Å². The van der Waals surface area contributed by atoms with E-state index in [1.54, 1.807) is 18.2 Å². The van der Waals surface area contributed by atoms with Gasteiger partial charge in [-0.2, -0.15) is 5.21 Å². The zero-order valence-electron chi connectivity index (χ0n) is 8.16. The minimum Gasteiger partial charge on any atom is -0.207 e. The molecule has 0 aliphatic carbocycles. The van der Waals surface area contributed by atoms with Crippen LogP contribution in [0.25, 0.3) is 0 Å². The maximum Gasteiger partial charge on any atom is 0.240 e. The number of hydrogen-bond acceptors (Lipinski definition) is 5. The van der Waals surface area contributed by atoms with E-state index in [0.29, 0.717) is 5.82 Å². The van der Waals surface area contributed by atoms with E-state index >= 15 is 0 Å². The molecule has 2 aromatic rings. The van der Waals surface area contributed by atoms with Gasteiger partial charge < -0.3 is 0 Å². The van der Waals surface area contributed by atoms with Crippen LogP contribution in [-0.4, -0.2) is 29.0 Å². The summed E-state index contributed by atoms with van der Waals surface area (Å²) in [5.41, 5.74) is 0. The van der Waals surface area contributed by atoms with Crippen molar-refractivity contribution in [2.24, 2.45) is 0 Å². The standard InChI is InChI=1S/C8H9N5O2S/c14-16(15,7-4-2-1-3-5-7)9-6-8-10-12-13-11-8/h1-5,9H,6H2,(H,10,11,12,13). The van der Waals surface area contributed by atoms with Crippen LogP contribution in [0.1, 0.15) is 5.82 Å². The van der Waals surface area contributed by atoms with Crippen LogP contribution in [0.5, 0.6) is 0 Å². The zero-order chi connectivity index (χ0) is 11.4. The van der Waals surface area contributed by atoms with Crippen LogP contribution in [0.3, 0.4) is 0 Å². The first-order chi connectivity index (χ1) is 7.68. The Hall–Kier alpha value is -1.80.